The van der Waals surface area contributed by atoms with Crippen molar-refractivity contribution in [2.24, 2.45) is 0 Å². The van der Waals surface area contributed by atoms with Crippen molar-refractivity contribution in [1.82, 2.24) is 9.47 Å². The number of aromatic nitrogens is 1. The molecule has 0 spiro atoms. The average Bonchev–Trinajstić information content (AvgIpc) is 3.09. The number of thiophene rings is 1. The highest BCUT2D eigenvalue weighted by atomic mass is 79.9. The summed E-state index contributed by atoms with van der Waals surface area (Å²) in [5.41, 5.74) is 1.58. The van der Waals surface area contributed by atoms with Crippen LogP contribution in [0.3, 0.4) is 0 Å². The lowest BCUT2D eigenvalue weighted by molar-refractivity contribution is 0.169. The molecule has 4 nitrogen and oxygen atoms in total. The molecule has 1 fully saturated rings. The van der Waals surface area contributed by atoms with Crippen molar-refractivity contribution in [3.05, 3.63) is 55.6 Å². The zero-order valence-corrected chi connectivity index (χ0v) is 15.0. The summed E-state index contributed by atoms with van der Waals surface area (Å²) in [6, 6.07) is 12.1. The van der Waals surface area contributed by atoms with Gasteiger partial charge < -0.3 is 4.42 Å². The van der Waals surface area contributed by atoms with Crippen LogP contribution in [0.25, 0.3) is 11.1 Å². The summed E-state index contributed by atoms with van der Waals surface area (Å²) in [5.74, 6) is -0.239. The van der Waals surface area contributed by atoms with Crippen molar-refractivity contribution in [2.75, 3.05) is 13.1 Å². The lowest BCUT2D eigenvalue weighted by Gasteiger charge is -2.32. The van der Waals surface area contributed by atoms with Gasteiger partial charge in [-0.1, -0.05) is 12.1 Å². The molecule has 1 saturated heterocycles. The molecule has 0 amide bonds. The highest BCUT2D eigenvalue weighted by molar-refractivity contribution is 9.11. The molecule has 0 aliphatic carbocycles. The minimum absolute atomic E-state index is 0.184. The zero-order chi connectivity index (χ0) is 15.8. The maximum absolute atomic E-state index is 12.3. The first kappa shape index (κ1) is 15.2. The van der Waals surface area contributed by atoms with Gasteiger partial charge in [-0.2, -0.15) is 0 Å². The average molecular weight is 393 g/mol. The second-order valence-electron chi connectivity index (χ2n) is 5.94. The minimum Gasteiger partial charge on any atom is -0.408 e. The summed E-state index contributed by atoms with van der Waals surface area (Å²) in [5, 5.41) is 0. The molecule has 1 aliphatic heterocycles. The Hall–Kier alpha value is -1.37. The van der Waals surface area contributed by atoms with Gasteiger partial charge >= 0.3 is 5.76 Å². The summed E-state index contributed by atoms with van der Waals surface area (Å²) >= 11 is 5.29. The monoisotopic (exact) mass is 392 g/mol. The lowest BCUT2D eigenvalue weighted by Crippen LogP contribution is -2.38. The zero-order valence-electron chi connectivity index (χ0n) is 12.6. The maximum atomic E-state index is 12.3. The first-order valence-electron chi connectivity index (χ1n) is 7.77. The summed E-state index contributed by atoms with van der Waals surface area (Å²) in [6.07, 6.45) is 2.12. The molecule has 0 N–H and O–H groups in total. The van der Waals surface area contributed by atoms with Crippen LogP contribution in [0, 0.1) is 0 Å². The number of para-hydroxylation sites is 2. The van der Waals surface area contributed by atoms with Crippen LogP contribution in [0.4, 0.5) is 0 Å². The van der Waals surface area contributed by atoms with Crippen molar-refractivity contribution >= 4 is 38.4 Å². The number of fused-ring (bicyclic) bond motifs is 1. The Morgan fingerprint density at radius 2 is 2.13 bits per heavy atom. The number of hydrogen-bond acceptors (Lipinski definition) is 4. The first-order chi connectivity index (χ1) is 11.2. The van der Waals surface area contributed by atoms with Crippen molar-refractivity contribution in [2.45, 2.75) is 25.4 Å². The van der Waals surface area contributed by atoms with Gasteiger partial charge in [-0.3, -0.25) is 9.47 Å². The van der Waals surface area contributed by atoms with Crippen LogP contribution in [0.2, 0.25) is 0 Å². The van der Waals surface area contributed by atoms with E-state index in [1.165, 1.54) is 4.88 Å². The van der Waals surface area contributed by atoms with Crippen molar-refractivity contribution in [3.8, 4) is 0 Å². The Balaban J connectivity index is 1.59. The van der Waals surface area contributed by atoms with Crippen molar-refractivity contribution < 1.29 is 4.42 Å². The van der Waals surface area contributed by atoms with Gasteiger partial charge in [-0.25, -0.2) is 4.79 Å². The van der Waals surface area contributed by atoms with Crippen molar-refractivity contribution in [1.29, 1.82) is 0 Å². The van der Waals surface area contributed by atoms with Gasteiger partial charge in [-0.05, 0) is 59.6 Å². The molecule has 2 aromatic heterocycles. The van der Waals surface area contributed by atoms with Crippen LogP contribution < -0.4 is 5.76 Å². The number of rotatable bonds is 3. The van der Waals surface area contributed by atoms with Crippen LogP contribution in [0.1, 0.15) is 23.8 Å². The molecule has 1 aromatic carbocycles. The van der Waals surface area contributed by atoms with E-state index in [1.54, 1.807) is 11.3 Å². The summed E-state index contributed by atoms with van der Waals surface area (Å²) in [7, 11) is 0. The van der Waals surface area contributed by atoms with E-state index in [0.29, 0.717) is 5.58 Å². The summed E-state index contributed by atoms with van der Waals surface area (Å²) < 4.78 is 8.40. The lowest BCUT2D eigenvalue weighted by atomic mass is 10.1. The largest absolute Gasteiger partial charge is 0.420 e. The smallest absolute Gasteiger partial charge is 0.408 e. The van der Waals surface area contributed by atoms with E-state index >= 15 is 0 Å². The van der Waals surface area contributed by atoms with Gasteiger partial charge in [0.15, 0.2) is 5.58 Å². The second kappa shape index (κ2) is 6.26. The summed E-state index contributed by atoms with van der Waals surface area (Å²) in [4.78, 5) is 16.1. The molecule has 0 saturated carbocycles. The van der Waals surface area contributed by atoms with Gasteiger partial charge in [0.2, 0.25) is 0 Å². The Kier molecular flexibility index (Phi) is 4.13. The fourth-order valence-corrected chi connectivity index (χ4v) is 4.90. The Morgan fingerprint density at radius 3 is 2.96 bits per heavy atom. The standard InChI is InChI=1S/C17H17BrN2O2S/c18-16-8-7-13(23-16)11-19-9-3-4-12(10-19)20-14-5-1-2-6-15(14)22-17(20)21/h1-2,5-8,12H,3-4,9-11H2/t12-/m0/s1. The number of oxazole rings is 1. The normalized spacial score (nSPS) is 19.4. The highest BCUT2D eigenvalue weighted by Crippen LogP contribution is 2.28. The molecule has 0 unspecified atom stereocenters. The van der Waals surface area contributed by atoms with E-state index in [-0.39, 0.29) is 11.8 Å². The topological polar surface area (TPSA) is 38.4 Å². The minimum atomic E-state index is -0.239. The van der Waals surface area contributed by atoms with Gasteiger partial charge in [0, 0.05) is 18.0 Å². The van der Waals surface area contributed by atoms with E-state index in [9.17, 15) is 4.79 Å². The number of likely N-dealkylation sites (tertiary alicyclic amines) is 1. The van der Waals surface area contributed by atoms with Crippen LogP contribution in [-0.4, -0.2) is 22.6 Å². The number of nitrogens with zero attached hydrogens (tertiary/aromatic N) is 2. The van der Waals surface area contributed by atoms with Crippen molar-refractivity contribution in [3.63, 3.8) is 0 Å². The second-order valence-corrected chi connectivity index (χ2v) is 8.49. The predicted molar refractivity (Wildman–Crippen MR) is 96.0 cm³/mol. The van der Waals surface area contributed by atoms with E-state index in [2.05, 4.69) is 33.0 Å². The van der Waals surface area contributed by atoms with E-state index in [1.807, 2.05) is 28.8 Å². The Morgan fingerprint density at radius 1 is 1.26 bits per heavy atom. The fourth-order valence-electron chi connectivity index (χ4n) is 3.37. The molecule has 0 radical (unpaired) electrons. The molecule has 1 aliphatic rings. The number of hydrogen-bond donors (Lipinski definition) is 0. The quantitative estimate of drug-likeness (QED) is 0.668. The third-order valence-electron chi connectivity index (χ3n) is 4.37. The molecular weight excluding hydrogens is 376 g/mol. The number of piperidine rings is 1. The van der Waals surface area contributed by atoms with E-state index < -0.39 is 0 Å². The Labute approximate surface area is 146 Å². The number of benzene rings is 1. The fraction of sp³-hybridized carbons (Fsp3) is 0.353. The molecule has 120 valence electrons. The maximum Gasteiger partial charge on any atom is 0.420 e. The third kappa shape index (κ3) is 3.03. The van der Waals surface area contributed by atoms with Gasteiger partial charge in [0.25, 0.3) is 0 Å². The molecule has 3 heterocycles. The van der Waals surface area contributed by atoms with E-state index in [0.717, 1.165) is 41.8 Å². The summed E-state index contributed by atoms with van der Waals surface area (Å²) in [6.45, 7) is 2.91. The highest BCUT2D eigenvalue weighted by Gasteiger charge is 2.25. The van der Waals surface area contributed by atoms with Crippen LogP contribution in [-0.2, 0) is 6.54 Å². The molecule has 1 atom stereocenters. The predicted octanol–water partition coefficient (Wildman–Crippen LogP) is 4.26. The Bertz CT molecular complexity index is 882. The van der Waals surface area contributed by atoms with Gasteiger partial charge in [0.1, 0.15) is 0 Å². The third-order valence-corrected chi connectivity index (χ3v) is 5.98. The molecule has 0 bridgehead atoms. The first-order valence-corrected chi connectivity index (χ1v) is 9.38. The molecular formula is C17H17BrN2O2S. The molecule has 3 aromatic rings. The number of halogens is 1. The molecule has 23 heavy (non-hydrogen) atoms. The van der Waals surface area contributed by atoms with Crippen LogP contribution in [0.15, 0.2) is 49.4 Å². The van der Waals surface area contributed by atoms with Crippen LogP contribution >= 0.6 is 27.3 Å². The molecule has 4 rings (SSSR count). The van der Waals surface area contributed by atoms with Gasteiger partial charge in [0.05, 0.1) is 15.3 Å². The van der Waals surface area contributed by atoms with Crippen LogP contribution in [0.5, 0.6) is 0 Å². The van der Waals surface area contributed by atoms with E-state index in [4.69, 9.17) is 4.42 Å². The molecule has 6 heteroatoms. The van der Waals surface area contributed by atoms with Gasteiger partial charge in [-0.15, -0.1) is 11.3 Å². The SMILES string of the molecule is O=c1oc2ccccc2n1[C@H]1CCCN(Cc2ccc(Br)s2)C1.